The van der Waals surface area contributed by atoms with Crippen LogP contribution in [0.5, 0.6) is 0 Å². The second kappa shape index (κ2) is 7.80. The van der Waals surface area contributed by atoms with E-state index in [9.17, 15) is 9.59 Å². The van der Waals surface area contributed by atoms with E-state index in [-0.39, 0.29) is 24.8 Å². The molecular weight excluding hydrogens is 252 g/mol. The molecule has 0 saturated carbocycles. The van der Waals surface area contributed by atoms with Crippen molar-refractivity contribution >= 4 is 11.7 Å². The molecule has 0 heterocycles. The summed E-state index contributed by atoms with van der Waals surface area (Å²) in [6.45, 7) is 7.20. The van der Waals surface area contributed by atoms with Crippen LogP contribution in [0.2, 0.25) is 0 Å². The molecule has 0 aliphatic rings. The Hall–Kier alpha value is -1.68. The standard InChI is InChI=1S/C16H24N2O2/c1-5-8-17-16(20)11-18(4)10-15(19)14-7-6-12(2)13(3)9-14/h6-7,9H,5,8,10-11H2,1-4H3,(H,17,20). The molecule has 0 spiro atoms. The lowest BCUT2D eigenvalue weighted by molar-refractivity contribution is -0.121. The predicted octanol–water partition coefficient (Wildman–Crippen LogP) is 1.94. The summed E-state index contributed by atoms with van der Waals surface area (Å²) in [4.78, 5) is 25.4. The van der Waals surface area contributed by atoms with E-state index in [4.69, 9.17) is 0 Å². The molecule has 0 unspecified atom stereocenters. The fourth-order valence-electron chi connectivity index (χ4n) is 1.87. The fraction of sp³-hybridized carbons (Fsp3) is 0.500. The van der Waals surface area contributed by atoms with Crippen molar-refractivity contribution in [1.82, 2.24) is 10.2 Å². The van der Waals surface area contributed by atoms with Crippen molar-refractivity contribution in [2.45, 2.75) is 27.2 Å². The van der Waals surface area contributed by atoms with Gasteiger partial charge in [0.2, 0.25) is 5.91 Å². The number of benzene rings is 1. The van der Waals surface area contributed by atoms with Gasteiger partial charge in [0.05, 0.1) is 13.1 Å². The number of rotatable bonds is 7. The predicted molar refractivity (Wildman–Crippen MR) is 81.0 cm³/mol. The van der Waals surface area contributed by atoms with E-state index in [1.165, 1.54) is 5.56 Å². The summed E-state index contributed by atoms with van der Waals surface area (Å²) in [5, 5.41) is 2.80. The molecule has 1 aromatic rings. The summed E-state index contributed by atoms with van der Waals surface area (Å²) in [5.74, 6) is 0.00104. The summed E-state index contributed by atoms with van der Waals surface area (Å²) < 4.78 is 0. The van der Waals surface area contributed by atoms with E-state index < -0.39 is 0 Å². The van der Waals surface area contributed by atoms with Crippen LogP contribution < -0.4 is 5.32 Å². The number of nitrogens with one attached hydrogen (secondary N) is 1. The van der Waals surface area contributed by atoms with Crippen LogP contribution in [0.25, 0.3) is 0 Å². The van der Waals surface area contributed by atoms with Gasteiger partial charge in [-0.3, -0.25) is 14.5 Å². The zero-order valence-corrected chi connectivity index (χ0v) is 12.8. The van der Waals surface area contributed by atoms with Crippen LogP contribution in [0.1, 0.15) is 34.8 Å². The highest BCUT2D eigenvalue weighted by Crippen LogP contribution is 2.10. The second-order valence-corrected chi connectivity index (χ2v) is 5.24. The maximum absolute atomic E-state index is 12.1. The maximum Gasteiger partial charge on any atom is 0.234 e. The second-order valence-electron chi connectivity index (χ2n) is 5.24. The molecule has 1 aromatic carbocycles. The van der Waals surface area contributed by atoms with Crippen LogP contribution in [0.4, 0.5) is 0 Å². The Bertz CT molecular complexity index is 483. The Morgan fingerprint density at radius 1 is 1.15 bits per heavy atom. The lowest BCUT2D eigenvalue weighted by Crippen LogP contribution is -2.37. The van der Waals surface area contributed by atoms with Crippen molar-refractivity contribution in [3.05, 3.63) is 34.9 Å². The van der Waals surface area contributed by atoms with Crippen molar-refractivity contribution in [3.63, 3.8) is 0 Å². The summed E-state index contributed by atoms with van der Waals surface area (Å²) >= 11 is 0. The van der Waals surface area contributed by atoms with E-state index in [1.54, 1.807) is 11.9 Å². The van der Waals surface area contributed by atoms with Crippen molar-refractivity contribution < 1.29 is 9.59 Å². The van der Waals surface area contributed by atoms with Crippen LogP contribution in [-0.4, -0.2) is 43.3 Å². The molecule has 110 valence electrons. The third kappa shape index (κ3) is 5.13. The number of nitrogens with zero attached hydrogens (tertiary/aromatic N) is 1. The normalized spacial score (nSPS) is 10.7. The lowest BCUT2D eigenvalue weighted by atomic mass is 10.0. The van der Waals surface area contributed by atoms with Crippen molar-refractivity contribution in [1.29, 1.82) is 0 Å². The molecule has 0 aliphatic heterocycles. The highest BCUT2D eigenvalue weighted by atomic mass is 16.2. The molecule has 4 heteroatoms. The Morgan fingerprint density at radius 3 is 2.45 bits per heavy atom. The molecule has 0 aromatic heterocycles. The minimum absolute atomic E-state index is 0.0396. The van der Waals surface area contributed by atoms with Gasteiger partial charge in [0.15, 0.2) is 5.78 Å². The van der Waals surface area contributed by atoms with Gasteiger partial charge in [-0.15, -0.1) is 0 Å². The highest BCUT2D eigenvalue weighted by molar-refractivity contribution is 5.98. The first kappa shape index (κ1) is 16.4. The first-order chi connectivity index (χ1) is 9.43. The van der Waals surface area contributed by atoms with Crippen LogP contribution >= 0.6 is 0 Å². The number of carbonyl (C=O) groups excluding carboxylic acids is 2. The molecule has 0 bridgehead atoms. The topological polar surface area (TPSA) is 49.4 Å². The monoisotopic (exact) mass is 276 g/mol. The lowest BCUT2D eigenvalue weighted by Gasteiger charge is -2.15. The number of hydrogen-bond donors (Lipinski definition) is 1. The van der Waals surface area contributed by atoms with Crippen LogP contribution in [0, 0.1) is 13.8 Å². The van der Waals surface area contributed by atoms with Gasteiger partial charge in [0, 0.05) is 12.1 Å². The van der Waals surface area contributed by atoms with Gasteiger partial charge in [-0.2, -0.15) is 0 Å². The highest BCUT2D eigenvalue weighted by Gasteiger charge is 2.12. The molecule has 0 saturated heterocycles. The summed E-state index contributed by atoms with van der Waals surface area (Å²) in [6, 6.07) is 5.70. The van der Waals surface area contributed by atoms with Crippen LogP contribution in [0.15, 0.2) is 18.2 Å². The van der Waals surface area contributed by atoms with Gasteiger partial charge in [-0.1, -0.05) is 19.1 Å². The van der Waals surface area contributed by atoms with E-state index >= 15 is 0 Å². The van der Waals surface area contributed by atoms with E-state index in [2.05, 4.69) is 5.32 Å². The van der Waals surface area contributed by atoms with Gasteiger partial charge < -0.3 is 5.32 Å². The van der Waals surface area contributed by atoms with E-state index in [1.807, 2.05) is 39.0 Å². The molecule has 0 aliphatic carbocycles. The molecular formula is C16H24N2O2. The average molecular weight is 276 g/mol. The molecule has 0 radical (unpaired) electrons. The van der Waals surface area contributed by atoms with E-state index in [0.717, 1.165) is 12.0 Å². The van der Waals surface area contributed by atoms with Crippen molar-refractivity contribution in [3.8, 4) is 0 Å². The zero-order valence-electron chi connectivity index (χ0n) is 12.8. The van der Waals surface area contributed by atoms with Crippen molar-refractivity contribution in [2.24, 2.45) is 0 Å². The molecule has 1 N–H and O–H groups in total. The Balaban J connectivity index is 2.52. The first-order valence-corrected chi connectivity index (χ1v) is 6.99. The number of hydrogen-bond acceptors (Lipinski definition) is 3. The molecule has 0 fully saturated rings. The number of ketones is 1. The molecule has 1 amide bonds. The summed E-state index contributed by atoms with van der Waals surface area (Å²) in [7, 11) is 1.78. The summed E-state index contributed by atoms with van der Waals surface area (Å²) in [6.07, 6.45) is 0.914. The maximum atomic E-state index is 12.1. The Morgan fingerprint density at radius 2 is 1.85 bits per heavy atom. The third-order valence-electron chi connectivity index (χ3n) is 3.23. The third-order valence-corrected chi connectivity index (χ3v) is 3.23. The Labute approximate surface area is 121 Å². The SMILES string of the molecule is CCCNC(=O)CN(C)CC(=O)c1ccc(C)c(C)c1. The van der Waals surface area contributed by atoms with Crippen LogP contribution in [-0.2, 0) is 4.79 Å². The van der Waals surface area contributed by atoms with Crippen molar-refractivity contribution in [2.75, 3.05) is 26.7 Å². The molecule has 1 rings (SSSR count). The molecule has 4 nitrogen and oxygen atoms in total. The summed E-state index contributed by atoms with van der Waals surface area (Å²) in [5.41, 5.74) is 2.99. The minimum atomic E-state index is -0.0396. The molecule has 0 atom stereocenters. The minimum Gasteiger partial charge on any atom is -0.355 e. The van der Waals surface area contributed by atoms with E-state index in [0.29, 0.717) is 12.1 Å². The largest absolute Gasteiger partial charge is 0.355 e. The van der Waals surface area contributed by atoms with Gasteiger partial charge in [-0.25, -0.2) is 0 Å². The number of likely N-dealkylation sites (N-methyl/N-ethyl adjacent to an activating group) is 1. The number of Topliss-reactive ketones (excluding diaryl/α,β-unsaturated/α-hetero) is 1. The smallest absolute Gasteiger partial charge is 0.234 e. The van der Waals surface area contributed by atoms with Gasteiger partial charge in [0.1, 0.15) is 0 Å². The quantitative estimate of drug-likeness (QED) is 0.774. The Kier molecular flexibility index (Phi) is 6.39. The van der Waals surface area contributed by atoms with Gasteiger partial charge >= 0.3 is 0 Å². The molecule has 20 heavy (non-hydrogen) atoms. The van der Waals surface area contributed by atoms with Crippen LogP contribution in [0.3, 0.4) is 0 Å². The van der Waals surface area contributed by atoms with Gasteiger partial charge in [0.25, 0.3) is 0 Å². The number of carbonyl (C=O) groups is 2. The number of aryl methyl sites for hydroxylation is 2. The average Bonchev–Trinajstić information content (AvgIpc) is 2.39. The number of amides is 1. The first-order valence-electron chi connectivity index (χ1n) is 6.99. The zero-order chi connectivity index (χ0) is 15.1. The van der Waals surface area contributed by atoms with Gasteiger partial charge in [-0.05, 0) is 44.5 Å². The fourth-order valence-corrected chi connectivity index (χ4v) is 1.87.